The Labute approximate surface area is 227 Å². The van der Waals surface area contributed by atoms with Gasteiger partial charge in [-0.15, -0.1) is 0 Å². The van der Waals surface area contributed by atoms with E-state index in [4.69, 9.17) is 4.74 Å². The molecule has 1 aliphatic heterocycles. The number of hydrogen-bond donors (Lipinski definition) is 7. The summed E-state index contributed by atoms with van der Waals surface area (Å²) in [7, 11) is 0. The van der Waals surface area contributed by atoms with Gasteiger partial charge in [-0.3, -0.25) is 9.59 Å². The number of esters is 1. The first-order chi connectivity index (χ1) is 19.1. The highest BCUT2D eigenvalue weighted by molar-refractivity contribution is 6.18. The fourth-order valence-electron chi connectivity index (χ4n) is 4.42. The van der Waals surface area contributed by atoms with E-state index in [0.717, 1.165) is 24.3 Å². The topological polar surface area (TPSA) is 203 Å². The molecule has 1 fully saturated rings. The van der Waals surface area contributed by atoms with E-state index in [1.165, 1.54) is 30.3 Å². The molecule has 1 amide bonds. The number of ketones is 1. The van der Waals surface area contributed by atoms with Crippen molar-refractivity contribution in [1.29, 1.82) is 0 Å². The molecule has 7 N–H and O–H groups in total. The van der Waals surface area contributed by atoms with E-state index in [-0.39, 0.29) is 23.4 Å². The van der Waals surface area contributed by atoms with Crippen LogP contribution < -0.4 is 10.6 Å². The third-order valence-electron chi connectivity index (χ3n) is 6.42. The average molecular weight is 551 g/mol. The molecule has 0 bridgehead atoms. The number of carboxylic acids is 1. The molecule has 1 saturated heterocycles. The fraction of sp³-hybridized carbons (Fsp3) is 0.214. The summed E-state index contributed by atoms with van der Waals surface area (Å²) in [6, 6.07) is 10.1. The molecule has 208 valence electrons. The van der Waals surface area contributed by atoms with Gasteiger partial charge in [-0.25, -0.2) is 9.59 Å². The zero-order valence-electron chi connectivity index (χ0n) is 21.0. The lowest BCUT2D eigenvalue weighted by Gasteiger charge is -2.26. The van der Waals surface area contributed by atoms with Gasteiger partial charge in [-0.05, 0) is 67.9 Å². The molecule has 1 unspecified atom stereocenters. The Kier molecular flexibility index (Phi) is 8.20. The van der Waals surface area contributed by atoms with Crippen molar-refractivity contribution in [2.24, 2.45) is 0 Å². The quantitative estimate of drug-likeness (QED) is 0.168. The molecule has 0 spiro atoms. The molecule has 3 aromatic rings. The molecule has 0 aliphatic carbocycles. The Hall–Kier alpha value is -5.10. The summed E-state index contributed by atoms with van der Waals surface area (Å²) in [6.07, 6.45) is 0.229. The predicted molar refractivity (Wildman–Crippen MR) is 139 cm³/mol. The van der Waals surface area contributed by atoms with Crippen LogP contribution in [-0.4, -0.2) is 74.4 Å². The molecular formula is C28H26N2O10. The third-order valence-corrected chi connectivity index (χ3v) is 6.42. The third kappa shape index (κ3) is 5.97. The molecule has 0 saturated carbocycles. The second-order valence-electron chi connectivity index (χ2n) is 9.14. The van der Waals surface area contributed by atoms with Gasteiger partial charge in [0.2, 0.25) is 5.78 Å². The van der Waals surface area contributed by atoms with Crippen molar-refractivity contribution in [3.05, 3.63) is 82.4 Å². The predicted octanol–water partition coefficient (Wildman–Crippen LogP) is 2.15. The van der Waals surface area contributed by atoms with E-state index >= 15 is 0 Å². The van der Waals surface area contributed by atoms with Crippen molar-refractivity contribution in [3.63, 3.8) is 0 Å². The standard InChI is InChI=1S/C28H26N2O10/c31-16-8-6-14(7-9-16)26(36)30-18-13-29-10-2-5-22(18)40-28(39)15-11-20(33)24(21(34)12-15)25(35)23-17(27(37)38)3-1-4-19(23)32/h1,3-4,6-9,11-12,18,22,29,31-34H,2,5,10,13H2,(H,30,36)(H,37,38)/t18-,22?/m0/s1. The maximum atomic E-state index is 13.0. The molecule has 0 radical (unpaired) electrons. The number of benzene rings is 3. The van der Waals surface area contributed by atoms with Crippen LogP contribution in [0.25, 0.3) is 0 Å². The number of carboxylic acid groups (broad SMARTS) is 1. The molecular weight excluding hydrogens is 524 g/mol. The molecule has 2 atom stereocenters. The Morgan fingerprint density at radius 1 is 0.850 bits per heavy atom. The monoisotopic (exact) mass is 550 g/mol. The maximum absolute atomic E-state index is 13.0. The highest BCUT2D eigenvalue weighted by Gasteiger charge is 2.31. The second-order valence-corrected chi connectivity index (χ2v) is 9.14. The summed E-state index contributed by atoms with van der Waals surface area (Å²) >= 11 is 0. The van der Waals surface area contributed by atoms with E-state index in [1.54, 1.807) is 0 Å². The van der Waals surface area contributed by atoms with Crippen molar-refractivity contribution < 1.29 is 49.4 Å². The van der Waals surface area contributed by atoms with Gasteiger partial charge in [0.05, 0.1) is 22.7 Å². The lowest BCUT2D eigenvalue weighted by atomic mass is 9.95. The van der Waals surface area contributed by atoms with Crippen molar-refractivity contribution in [2.75, 3.05) is 13.1 Å². The van der Waals surface area contributed by atoms with Gasteiger partial charge in [-0.2, -0.15) is 0 Å². The van der Waals surface area contributed by atoms with Crippen LogP contribution in [0, 0.1) is 0 Å². The summed E-state index contributed by atoms with van der Waals surface area (Å²) < 4.78 is 5.63. The first kappa shape index (κ1) is 27.9. The van der Waals surface area contributed by atoms with Gasteiger partial charge in [0, 0.05) is 12.1 Å². The van der Waals surface area contributed by atoms with E-state index in [0.29, 0.717) is 19.4 Å². The minimum Gasteiger partial charge on any atom is -0.508 e. The number of rotatable bonds is 7. The highest BCUT2D eigenvalue weighted by Crippen LogP contribution is 2.35. The molecule has 12 nitrogen and oxygen atoms in total. The number of ether oxygens (including phenoxy) is 1. The van der Waals surface area contributed by atoms with Gasteiger partial charge >= 0.3 is 11.9 Å². The Morgan fingerprint density at radius 3 is 2.17 bits per heavy atom. The van der Waals surface area contributed by atoms with E-state index < -0.39 is 69.7 Å². The lowest BCUT2D eigenvalue weighted by Crippen LogP contribution is -2.49. The number of hydrogen-bond acceptors (Lipinski definition) is 10. The first-order valence-electron chi connectivity index (χ1n) is 12.2. The summed E-state index contributed by atoms with van der Waals surface area (Å²) in [4.78, 5) is 50.3. The molecule has 1 aliphatic rings. The van der Waals surface area contributed by atoms with Crippen molar-refractivity contribution >= 4 is 23.6 Å². The van der Waals surface area contributed by atoms with E-state index in [9.17, 15) is 44.7 Å². The SMILES string of the molecule is O=C(N[C@H]1CNCCCC1OC(=O)c1cc(O)c(C(=O)c2c(O)cccc2C(=O)O)c(O)c1)c1ccc(O)cc1. The van der Waals surface area contributed by atoms with Crippen LogP contribution in [-0.2, 0) is 4.74 Å². The van der Waals surface area contributed by atoms with Gasteiger partial charge in [0.25, 0.3) is 5.91 Å². The summed E-state index contributed by atoms with van der Waals surface area (Å²) in [6.45, 7) is 0.904. The van der Waals surface area contributed by atoms with E-state index in [1.807, 2.05) is 0 Å². The van der Waals surface area contributed by atoms with Crippen molar-refractivity contribution in [2.45, 2.75) is 25.0 Å². The molecule has 0 aromatic heterocycles. The van der Waals surface area contributed by atoms with Crippen LogP contribution in [0.3, 0.4) is 0 Å². The number of aromatic hydroxyl groups is 4. The van der Waals surface area contributed by atoms with Crippen LogP contribution in [0.2, 0.25) is 0 Å². The minimum absolute atomic E-state index is 0.00149. The number of nitrogens with one attached hydrogen (secondary N) is 2. The number of aromatic carboxylic acids is 1. The molecule has 3 aromatic carbocycles. The second kappa shape index (κ2) is 11.7. The van der Waals surface area contributed by atoms with Crippen LogP contribution >= 0.6 is 0 Å². The highest BCUT2D eigenvalue weighted by atomic mass is 16.5. The van der Waals surface area contributed by atoms with Crippen molar-refractivity contribution in [3.8, 4) is 23.0 Å². The van der Waals surface area contributed by atoms with Gasteiger partial charge in [0.1, 0.15) is 34.7 Å². The fourth-order valence-corrected chi connectivity index (χ4v) is 4.42. The van der Waals surface area contributed by atoms with Gasteiger partial charge in [-0.1, -0.05) is 6.07 Å². The lowest BCUT2D eigenvalue weighted by molar-refractivity contribution is 0.0191. The number of phenolic OH excluding ortho intramolecular Hbond substituents is 4. The summed E-state index contributed by atoms with van der Waals surface area (Å²) in [5.41, 5.74) is -1.91. The Bertz CT molecular complexity index is 1450. The smallest absolute Gasteiger partial charge is 0.338 e. The zero-order valence-corrected chi connectivity index (χ0v) is 21.0. The molecule has 40 heavy (non-hydrogen) atoms. The van der Waals surface area contributed by atoms with Crippen LogP contribution in [0.15, 0.2) is 54.6 Å². The normalized spacial score (nSPS) is 16.9. The number of amides is 1. The van der Waals surface area contributed by atoms with Crippen LogP contribution in [0.1, 0.15) is 59.8 Å². The van der Waals surface area contributed by atoms with Crippen LogP contribution in [0.5, 0.6) is 23.0 Å². The van der Waals surface area contributed by atoms with E-state index in [2.05, 4.69) is 10.6 Å². The Morgan fingerprint density at radius 2 is 1.52 bits per heavy atom. The number of phenols is 4. The number of carbonyl (C=O) groups is 4. The van der Waals surface area contributed by atoms with Crippen LogP contribution in [0.4, 0.5) is 0 Å². The first-order valence-corrected chi connectivity index (χ1v) is 12.2. The summed E-state index contributed by atoms with van der Waals surface area (Å²) in [5.74, 6) is -6.42. The zero-order chi connectivity index (χ0) is 29.0. The average Bonchev–Trinajstić information content (AvgIpc) is 3.12. The Balaban J connectivity index is 1.55. The minimum atomic E-state index is -1.51. The molecule has 1 heterocycles. The molecule has 12 heteroatoms. The molecule has 4 rings (SSSR count). The summed E-state index contributed by atoms with van der Waals surface area (Å²) in [5, 5.41) is 56.0. The maximum Gasteiger partial charge on any atom is 0.338 e. The largest absolute Gasteiger partial charge is 0.508 e. The number of carbonyl (C=O) groups excluding carboxylic acids is 3. The van der Waals surface area contributed by atoms with Gasteiger partial charge < -0.3 is 40.9 Å². The van der Waals surface area contributed by atoms with Gasteiger partial charge in [0.15, 0.2) is 0 Å². The van der Waals surface area contributed by atoms with Crippen molar-refractivity contribution in [1.82, 2.24) is 10.6 Å².